The maximum Gasteiger partial charge on any atom is 0.173 e. The van der Waals surface area contributed by atoms with Gasteiger partial charge in [0.2, 0.25) is 0 Å². The van der Waals surface area contributed by atoms with Gasteiger partial charge in [0.15, 0.2) is 5.11 Å². The summed E-state index contributed by atoms with van der Waals surface area (Å²) in [5, 5.41) is 5.26. The average Bonchev–Trinajstić information content (AvgIpc) is 2.95. The van der Waals surface area contributed by atoms with Crippen LogP contribution in [0, 0.1) is 6.92 Å². The third kappa shape index (κ3) is 2.33. The quantitative estimate of drug-likeness (QED) is 0.809. The normalized spacial score (nSPS) is 15.3. The lowest BCUT2D eigenvalue weighted by molar-refractivity contribution is 0.528. The zero-order valence-corrected chi connectivity index (χ0v) is 11.9. The fraction of sp³-hybridized carbons (Fsp3) is 0.385. The zero-order valence-electron chi connectivity index (χ0n) is 10.3. The Labute approximate surface area is 116 Å². The van der Waals surface area contributed by atoms with Gasteiger partial charge in [-0.15, -0.1) is 11.3 Å². The molecule has 94 valence electrons. The number of benzene rings is 1. The van der Waals surface area contributed by atoms with Crippen LogP contribution in [0.1, 0.15) is 17.8 Å². The van der Waals surface area contributed by atoms with Gasteiger partial charge in [-0.05, 0) is 50.2 Å². The van der Waals surface area contributed by atoms with E-state index in [1.165, 1.54) is 17.5 Å². The van der Waals surface area contributed by atoms with E-state index in [-0.39, 0.29) is 0 Å². The Hall–Kier alpha value is -1.20. The van der Waals surface area contributed by atoms with Crippen molar-refractivity contribution in [3.63, 3.8) is 0 Å². The lowest BCUT2D eigenvalue weighted by Crippen LogP contribution is -2.31. The van der Waals surface area contributed by atoms with Crippen LogP contribution in [0.25, 0.3) is 10.2 Å². The van der Waals surface area contributed by atoms with E-state index in [2.05, 4.69) is 21.3 Å². The number of rotatable bonds is 1. The summed E-state index contributed by atoms with van der Waals surface area (Å²) in [4.78, 5) is 6.69. The van der Waals surface area contributed by atoms with Crippen molar-refractivity contribution in [1.29, 1.82) is 0 Å². The Morgan fingerprint density at radius 1 is 1.39 bits per heavy atom. The molecule has 0 radical (unpaired) electrons. The van der Waals surface area contributed by atoms with Crippen LogP contribution in [0.15, 0.2) is 18.2 Å². The predicted molar refractivity (Wildman–Crippen MR) is 81.4 cm³/mol. The highest BCUT2D eigenvalue weighted by atomic mass is 32.1. The molecule has 1 N–H and O–H groups in total. The first kappa shape index (κ1) is 11.9. The van der Waals surface area contributed by atoms with E-state index in [0.29, 0.717) is 0 Å². The van der Waals surface area contributed by atoms with Crippen LogP contribution in [-0.4, -0.2) is 28.1 Å². The van der Waals surface area contributed by atoms with Crippen LogP contribution in [0.2, 0.25) is 0 Å². The number of hydrogen-bond acceptors (Lipinski definition) is 3. The number of nitrogens with zero attached hydrogens (tertiary/aromatic N) is 2. The van der Waals surface area contributed by atoms with Crippen molar-refractivity contribution in [2.24, 2.45) is 0 Å². The van der Waals surface area contributed by atoms with E-state index in [4.69, 9.17) is 12.2 Å². The van der Waals surface area contributed by atoms with Gasteiger partial charge in [-0.2, -0.15) is 0 Å². The molecule has 0 bridgehead atoms. The van der Waals surface area contributed by atoms with Crippen LogP contribution in [0.4, 0.5) is 5.69 Å². The van der Waals surface area contributed by atoms with E-state index < -0.39 is 0 Å². The average molecular weight is 277 g/mol. The summed E-state index contributed by atoms with van der Waals surface area (Å²) in [6, 6.07) is 6.22. The number of hydrogen-bond donors (Lipinski definition) is 1. The second kappa shape index (κ2) is 4.82. The highest BCUT2D eigenvalue weighted by Crippen LogP contribution is 2.25. The molecule has 2 aromatic rings. The molecule has 5 heteroatoms. The number of anilines is 1. The van der Waals surface area contributed by atoms with Gasteiger partial charge in [0, 0.05) is 18.8 Å². The van der Waals surface area contributed by atoms with Crippen molar-refractivity contribution in [2.45, 2.75) is 19.8 Å². The number of nitrogens with one attached hydrogen (secondary N) is 1. The fourth-order valence-electron chi connectivity index (χ4n) is 2.24. The fourth-order valence-corrected chi connectivity index (χ4v) is 3.41. The van der Waals surface area contributed by atoms with E-state index in [0.717, 1.165) is 34.4 Å². The lowest BCUT2D eigenvalue weighted by atomic mass is 10.3. The van der Waals surface area contributed by atoms with Gasteiger partial charge in [0.05, 0.1) is 15.2 Å². The number of thiocarbonyl (C=S) groups is 1. The highest BCUT2D eigenvalue weighted by Gasteiger charge is 2.14. The molecule has 1 saturated heterocycles. The number of aromatic nitrogens is 1. The van der Waals surface area contributed by atoms with Crippen molar-refractivity contribution >= 4 is 44.6 Å². The van der Waals surface area contributed by atoms with Crippen LogP contribution < -0.4 is 5.32 Å². The Bertz CT molecular complexity index is 585. The molecule has 1 fully saturated rings. The van der Waals surface area contributed by atoms with Crippen LogP contribution in [0.5, 0.6) is 0 Å². The molecular formula is C13H15N3S2. The van der Waals surface area contributed by atoms with E-state index in [9.17, 15) is 0 Å². The Morgan fingerprint density at radius 2 is 2.17 bits per heavy atom. The Balaban J connectivity index is 1.79. The standard InChI is InChI=1S/C13H15N3S2/c1-9-14-11-5-4-10(8-12(11)18-9)15-13(17)16-6-2-3-7-16/h4-5,8H,2-3,6-7H2,1H3,(H,15,17). The first-order valence-electron chi connectivity index (χ1n) is 6.15. The third-order valence-corrected chi connectivity index (χ3v) is 4.43. The maximum atomic E-state index is 5.43. The van der Waals surface area contributed by atoms with Gasteiger partial charge in [-0.25, -0.2) is 4.98 Å². The summed E-state index contributed by atoms with van der Waals surface area (Å²) in [7, 11) is 0. The molecule has 18 heavy (non-hydrogen) atoms. The first-order chi connectivity index (χ1) is 8.72. The lowest BCUT2D eigenvalue weighted by Gasteiger charge is -2.19. The second-order valence-electron chi connectivity index (χ2n) is 4.54. The number of thiazole rings is 1. The zero-order chi connectivity index (χ0) is 12.5. The molecule has 0 saturated carbocycles. The topological polar surface area (TPSA) is 28.2 Å². The summed E-state index contributed by atoms with van der Waals surface area (Å²) >= 11 is 7.14. The smallest absolute Gasteiger partial charge is 0.173 e. The number of aryl methyl sites for hydroxylation is 1. The molecule has 3 nitrogen and oxygen atoms in total. The van der Waals surface area contributed by atoms with Crippen molar-refractivity contribution in [3.8, 4) is 0 Å². The molecule has 3 rings (SSSR count). The second-order valence-corrected chi connectivity index (χ2v) is 6.16. The SMILES string of the molecule is Cc1nc2ccc(NC(=S)N3CCCC3)cc2s1. The summed E-state index contributed by atoms with van der Waals surface area (Å²) in [5.74, 6) is 0. The molecule has 1 aliphatic rings. The van der Waals surface area contributed by atoms with Crippen LogP contribution in [0.3, 0.4) is 0 Å². The Morgan fingerprint density at radius 3 is 2.94 bits per heavy atom. The minimum absolute atomic E-state index is 0.841. The van der Waals surface area contributed by atoms with Gasteiger partial charge in [-0.1, -0.05) is 0 Å². The van der Waals surface area contributed by atoms with Crippen molar-refractivity contribution < 1.29 is 0 Å². The summed E-state index contributed by atoms with van der Waals surface area (Å²) in [6.07, 6.45) is 2.49. The van der Waals surface area contributed by atoms with E-state index in [1.54, 1.807) is 11.3 Å². The Kier molecular flexibility index (Phi) is 3.18. The van der Waals surface area contributed by atoms with Gasteiger partial charge >= 0.3 is 0 Å². The molecule has 2 heterocycles. The molecule has 1 aromatic heterocycles. The molecule has 0 aliphatic carbocycles. The molecular weight excluding hydrogens is 262 g/mol. The van der Waals surface area contributed by atoms with Crippen LogP contribution in [-0.2, 0) is 0 Å². The van der Waals surface area contributed by atoms with Gasteiger partial charge < -0.3 is 10.2 Å². The molecule has 0 spiro atoms. The van der Waals surface area contributed by atoms with Gasteiger partial charge in [-0.3, -0.25) is 0 Å². The van der Waals surface area contributed by atoms with Crippen LogP contribution >= 0.6 is 23.6 Å². The molecule has 1 aliphatic heterocycles. The molecule has 1 aromatic carbocycles. The molecule has 0 unspecified atom stereocenters. The minimum atomic E-state index is 0.841. The van der Waals surface area contributed by atoms with Crippen molar-refractivity contribution in [1.82, 2.24) is 9.88 Å². The number of likely N-dealkylation sites (tertiary alicyclic amines) is 1. The largest absolute Gasteiger partial charge is 0.349 e. The minimum Gasteiger partial charge on any atom is -0.349 e. The summed E-state index contributed by atoms with van der Waals surface area (Å²) in [5.41, 5.74) is 2.12. The maximum absolute atomic E-state index is 5.43. The van der Waals surface area contributed by atoms with E-state index >= 15 is 0 Å². The van der Waals surface area contributed by atoms with Crippen molar-refractivity contribution in [2.75, 3.05) is 18.4 Å². The summed E-state index contributed by atoms with van der Waals surface area (Å²) in [6.45, 7) is 4.19. The highest BCUT2D eigenvalue weighted by molar-refractivity contribution is 7.80. The monoisotopic (exact) mass is 277 g/mol. The number of fused-ring (bicyclic) bond motifs is 1. The van der Waals surface area contributed by atoms with Gasteiger partial charge in [0.1, 0.15) is 0 Å². The third-order valence-electron chi connectivity index (χ3n) is 3.14. The molecule has 0 atom stereocenters. The molecule has 0 amide bonds. The van der Waals surface area contributed by atoms with Crippen molar-refractivity contribution in [3.05, 3.63) is 23.2 Å². The summed E-state index contributed by atoms with van der Waals surface area (Å²) < 4.78 is 1.21. The first-order valence-corrected chi connectivity index (χ1v) is 7.38. The van der Waals surface area contributed by atoms with Gasteiger partial charge in [0.25, 0.3) is 0 Å². The van der Waals surface area contributed by atoms with E-state index in [1.807, 2.05) is 19.1 Å². The predicted octanol–water partition coefficient (Wildman–Crippen LogP) is 3.40.